The molecule has 0 fully saturated rings. The van der Waals surface area contributed by atoms with Crippen LogP contribution in [0.2, 0.25) is 0 Å². The lowest BCUT2D eigenvalue weighted by Crippen LogP contribution is -2.22. The summed E-state index contributed by atoms with van der Waals surface area (Å²) in [4.78, 5) is 25.3. The van der Waals surface area contributed by atoms with E-state index in [0.29, 0.717) is 5.56 Å². The van der Waals surface area contributed by atoms with Gasteiger partial charge in [0.05, 0.1) is 18.2 Å². The molecule has 0 radical (unpaired) electrons. The zero-order valence-corrected chi connectivity index (χ0v) is 11.7. The van der Waals surface area contributed by atoms with Crippen LogP contribution in [0.25, 0.3) is 5.57 Å². The standard InChI is InChI=1S/C17H12O5/c1-22-17-13(9-5-3-2-4-6-9)15(20)11-7-10(18)8-12(19)14(11)16(17)21/h2-8,18-19H,1H3. The van der Waals surface area contributed by atoms with E-state index in [4.69, 9.17) is 4.74 Å². The number of allylic oxidation sites excluding steroid dienone is 2. The molecule has 1 aliphatic carbocycles. The number of aromatic hydroxyl groups is 2. The highest BCUT2D eigenvalue weighted by atomic mass is 16.5. The van der Waals surface area contributed by atoms with Crippen LogP contribution in [0.15, 0.2) is 48.2 Å². The molecule has 0 atom stereocenters. The Bertz CT molecular complexity index is 818. The third-order valence-corrected chi connectivity index (χ3v) is 3.50. The lowest BCUT2D eigenvalue weighted by molar-refractivity contribution is 0.0922. The topological polar surface area (TPSA) is 83.8 Å². The van der Waals surface area contributed by atoms with E-state index in [1.807, 2.05) is 0 Å². The molecule has 0 spiro atoms. The highest BCUT2D eigenvalue weighted by molar-refractivity contribution is 6.40. The van der Waals surface area contributed by atoms with Gasteiger partial charge in [-0.05, 0) is 11.6 Å². The molecule has 0 saturated carbocycles. The van der Waals surface area contributed by atoms with E-state index >= 15 is 0 Å². The van der Waals surface area contributed by atoms with Crippen molar-refractivity contribution in [1.82, 2.24) is 0 Å². The number of ether oxygens (including phenoxy) is 1. The molecule has 2 aromatic rings. The molecule has 0 saturated heterocycles. The van der Waals surface area contributed by atoms with Gasteiger partial charge in [-0.25, -0.2) is 0 Å². The maximum absolute atomic E-state index is 12.7. The Hall–Kier alpha value is -3.08. The van der Waals surface area contributed by atoms with E-state index < -0.39 is 17.3 Å². The van der Waals surface area contributed by atoms with Gasteiger partial charge < -0.3 is 14.9 Å². The summed E-state index contributed by atoms with van der Waals surface area (Å²) in [5, 5.41) is 19.5. The Kier molecular flexibility index (Phi) is 3.18. The largest absolute Gasteiger partial charge is 0.508 e. The van der Waals surface area contributed by atoms with E-state index in [0.717, 1.165) is 6.07 Å². The number of rotatable bonds is 2. The third-order valence-electron chi connectivity index (χ3n) is 3.50. The lowest BCUT2D eigenvalue weighted by Gasteiger charge is -2.21. The number of hydrogen-bond donors (Lipinski definition) is 2. The number of phenols is 2. The minimum atomic E-state index is -0.589. The molecular weight excluding hydrogens is 284 g/mol. The number of benzene rings is 2. The molecule has 22 heavy (non-hydrogen) atoms. The minimum absolute atomic E-state index is 0.0397. The number of carbonyl (C=O) groups is 2. The summed E-state index contributed by atoms with van der Waals surface area (Å²) in [6, 6.07) is 10.8. The maximum Gasteiger partial charge on any atom is 0.232 e. The van der Waals surface area contributed by atoms with Crippen molar-refractivity contribution >= 4 is 17.1 Å². The SMILES string of the molecule is COC1=C(c2ccccc2)C(=O)c2cc(O)cc(O)c2C1=O. The van der Waals surface area contributed by atoms with Crippen molar-refractivity contribution < 1.29 is 24.5 Å². The van der Waals surface area contributed by atoms with Gasteiger partial charge >= 0.3 is 0 Å². The number of methoxy groups -OCH3 is 1. The molecule has 5 nitrogen and oxygen atoms in total. The van der Waals surface area contributed by atoms with Crippen molar-refractivity contribution in [2.75, 3.05) is 7.11 Å². The average molecular weight is 296 g/mol. The van der Waals surface area contributed by atoms with Crippen molar-refractivity contribution in [1.29, 1.82) is 0 Å². The van der Waals surface area contributed by atoms with Crippen molar-refractivity contribution in [3.8, 4) is 11.5 Å². The first-order valence-electron chi connectivity index (χ1n) is 6.53. The molecule has 0 unspecified atom stereocenters. The van der Waals surface area contributed by atoms with Gasteiger partial charge in [-0.2, -0.15) is 0 Å². The van der Waals surface area contributed by atoms with Gasteiger partial charge in [0, 0.05) is 11.6 Å². The van der Waals surface area contributed by atoms with Crippen LogP contribution < -0.4 is 0 Å². The number of Topliss-reactive ketones (excluding diaryl/α,β-unsaturated/α-hetero) is 2. The lowest BCUT2D eigenvalue weighted by atomic mass is 9.84. The molecule has 2 aromatic carbocycles. The summed E-state index contributed by atoms with van der Waals surface area (Å²) in [7, 11) is 1.30. The zero-order valence-electron chi connectivity index (χ0n) is 11.7. The van der Waals surface area contributed by atoms with Crippen LogP contribution in [0.1, 0.15) is 26.3 Å². The molecule has 0 amide bonds. The highest BCUT2D eigenvalue weighted by Gasteiger charge is 2.36. The van der Waals surface area contributed by atoms with Crippen molar-refractivity contribution in [3.05, 3.63) is 64.9 Å². The zero-order chi connectivity index (χ0) is 15.9. The Morgan fingerprint density at radius 2 is 1.64 bits per heavy atom. The van der Waals surface area contributed by atoms with E-state index in [1.165, 1.54) is 13.2 Å². The normalized spacial score (nSPS) is 14.0. The van der Waals surface area contributed by atoms with Crippen LogP contribution in [-0.4, -0.2) is 28.9 Å². The number of fused-ring (bicyclic) bond motifs is 1. The van der Waals surface area contributed by atoms with Gasteiger partial charge in [-0.15, -0.1) is 0 Å². The number of phenolic OH excluding ortho intramolecular Hbond substituents is 2. The maximum atomic E-state index is 12.7. The van der Waals surface area contributed by atoms with Crippen LogP contribution in [0.4, 0.5) is 0 Å². The molecule has 0 heterocycles. The van der Waals surface area contributed by atoms with Gasteiger partial charge in [0.15, 0.2) is 11.5 Å². The molecule has 110 valence electrons. The van der Waals surface area contributed by atoms with E-state index in [2.05, 4.69) is 0 Å². The van der Waals surface area contributed by atoms with Gasteiger partial charge in [0.2, 0.25) is 5.78 Å². The molecule has 0 aromatic heterocycles. The fourth-order valence-corrected chi connectivity index (χ4v) is 2.56. The Morgan fingerprint density at radius 3 is 2.27 bits per heavy atom. The van der Waals surface area contributed by atoms with E-state index in [9.17, 15) is 19.8 Å². The molecule has 5 heteroatoms. The predicted octanol–water partition coefficient (Wildman–Crippen LogP) is 2.53. The van der Waals surface area contributed by atoms with Crippen LogP contribution in [0, 0.1) is 0 Å². The first-order chi connectivity index (χ1) is 10.5. The quantitative estimate of drug-likeness (QED) is 0.889. The van der Waals surface area contributed by atoms with Gasteiger partial charge in [-0.3, -0.25) is 9.59 Å². The van der Waals surface area contributed by atoms with E-state index in [1.54, 1.807) is 30.3 Å². The third kappa shape index (κ3) is 1.95. The molecular formula is C17H12O5. The van der Waals surface area contributed by atoms with Crippen molar-refractivity contribution in [3.63, 3.8) is 0 Å². The summed E-state index contributed by atoms with van der Waals surface area (Å²) >= 11 is 0. The summed E-state index contributed by atoms with van der Waals surface area (Å²) in [6.07, 6.45) is 0. The Morgan fingerprint density at radius 1 is 0.955 bits per heavy atom. The highest BCUT2D eigenvalue weighted by Crippen LogP contribution is 2.38. The Labute approximate surface area is 126 Å². The summed E-state index contributed by atoms with van der Waals surface area (Å²) < 4.78 is 5.12. The van der Waals surface area contributed by atoms with Crippen molar-refractivity contribution in [2.24, 2.45) is 0 Å². The number of ketones is 2. The fourth-order valence-electron chi connectivity index (χ4n) is 2.56. The minimum Gasteiger partial charge on any atom is -0.508 e. The first kappa shape index (κ1) is 13.9. The monoisotopic (exact) mass is 296 g/mol. The second-order valence-corrected chi connectivity index (χ2v) is 4.82. The van der Waals surface area contributed by atoms with Crippen molar-refractivity contribution in [2.45, 2.75) is 0 Å². The smallest absolute Gasteiger partial charge is 0.232 e. The molecule has 3 rings (SSSR count). The van der Waals surface area contributed by atoms with Crippen LogP contribution in [0.3, 0.4) is 0 Å². The molecule has 1 aliphatic rings. The van der Waals surface area contributed by atoms with Crippen LogP contribution >= 0.6 is 0 Å². The van der Waals surface area contributed by atoms with E-state index in [-0.39, 0.29) is 28.2 Å². The van der Waals surface area contributed by atoms with Gasteiger partial charge in [0.25, 0.3) is 0 Å². The fraction of sp³-hybridized carbons (Fsp3) is 0.0588. The molecule has 0 aliphatic heterocycles. The van der Waals surface area contributed by atoms with Crippen LogP contribution in [-0.2, 0) is 4.74 Å². The Balaban J connectivity index is 2.31. The second-order valence-electron chi connectivity index (χ2n) is 4.82. The van der Waals surface area contributed by atoms with Gasteiger partial charge in [-0.1, -0.05) is 30.3 Å². The molecule has 0 bridgehead atoms. The number of hydrogen-bond acceptors (Lipinski definition) is 5. The number of carbonyl (C=O) groups excluding carboxylic acids is 2. The first-order valence-corrected chi connectivity index (χ1v) is 6.53. The summed E-state index contributed by atoms with van der Waals surface area (Å²) in [5.74, 6) is -1.93. The second kappa shape index (κ2) is 5.04. The molecule has 2 N–H and O–H groups in total. The summed E-state index contributed by atoms with van der Waals surface area (Å²) in [5.41, 5.74) is 0.457. The summed E-state index contributed by atoms with van der Waals surface area (Å²) in [6.45, 7) is 0. The predicted molar refractivity (Wildman–Crippen MR) is 78.8 cm³/mol. The van der Waals surface area contributed by atoms with Crippen LogP contribution in [0.5, 0.6) is 11.5 Å². The average Bonchev–Trinajstić information content (AvgIpc) is 2.50. The van der Waals surface area contributed by atoms with Gasteiger partial charge in [0.1, 0.15) is 11.5 Å².